The van der Waals surface area contributed by atoms with Gasteiger partial charge in [-0.2, -0.15) is 13.2 Å². The van der Waals surface area contributed by atoms with Crippen molar-refractivity contribution in [1.29, 1.82) is 0 Å². The lowest BCUT2D eigenvalue weighted by molar-refractivity contribution is -0.174. The molecule has 0 unspecified atom stereocenters. The molecular formula is C11H15F3N4O. The van der Waals surface area contributed by atoms with Gasteiger partial charge in [0.25, 0.3) is 5.91 Å². The quantitative estimate of drug-likeness (QED) is 0.862. The molecule has 0 aliphatic rings. The van der Waals surface area contributed by atoms with E-state index in [2.05, 4.69) is 9.97 Å². The van der Waals surface area contributed by atoms with Gasteiger partial charge in [-0.3, -0.25) is 4.79 Å². The molecule has 106 valence electrons. The summed E-state index contributed by atoms with van der Waals surface area (Å²) < 4.78 is 38.7. The third kappa shape index (κ3) is 3.80. The number of nitrogen functional groups attached to an aromatic ring is 1. The van der Waals surface area contributed by atoms with Crippen LogP contribution in [-0.2, 0) is 0 Å². The van der Waals surface area contributed by atoms with E-state index >= 15 is 0 Å². The number of carbonyl (C=O) groups excluding carboxylic acids is 1. The molecule has 8 heteroatoms. The smallest absolute Gasteiger partial charge is 0.382 e. The Bertz CT molecular complexity index is 454. The maximum absolute atomic E-state index is 12.9. The minimum absolute atomic E-state index is 0.213. The number of halogens is 3. The van der Waals surface area contributed by atoms with E-state index in [1.807, 2.05) is 5.32 Å². The summed E-state index contributed by atoms with van der Waals surface area (Å²) in [7, 11) is 0. The highest BCUT2D eigenvalue weighted by atomic mass is 19.4. The van der Waals surface area contributed by atoms with Gasteiger partial charge in [0.1, 0.15) is 6.04 Å². The van der Waals surface area contributed by atoms with Gasteiger partial charge in [-0.05, 0) is 5.41 Å². The second kappa shape index (κ2) is 5.02. The molecule has 1 amide bonds. The number of nitrogens with zero attached hydrogens (tertiary/aromatic N) is 2. The van der Waals surface area contributed by atoms with Crippen LogP contribution in [0.3, 0.4) is 0 Å². The van der Waals surface area contributed by atoms with Crippen molar-refractivity contribution >= 4 is 11.7 Å². The first-order valence-electron chi connectivity index (χ1n) is 5.47. The van der Waals surface area contributed by atoms with Crippen molar-refractivity contribution in [1.82, 2.24) is 15.3 Å². The highest BCUT2D eigenvalue weighted by Crippen LogP contribution is 2.33. The van der Waals surface area contributed by atoms with Crippen molar-refractivity contribution in [2.75, 3.05) is 5.73 Å². The van der Waals surface area contributed by atoms with Crippen molar-refractivity contribution in [3.05, 3.63) is 18.1 Å². The number of nitrogens with one attached hydrogen (secondary N) is 1. The van der Waals surface area contributed by atoms with Crippen LogP contribution in [0.4, 0.5) is 19.0 Å². The molecule has 0 aromatic carbocycles. The fourth-order valence-electron chi connectivity index (χ4n) is 1.51. The monoisotopic (exact) mass is 276 g/mol. The van der Waals surface area contributed by atoms with Crippen molar-refractivity contribution in [2.45, 2.75) is 33.0 Å². The van der Waals surface area contributed by atoms with Crippen LogP contribution in [0.5, 0.6) is 0 Å². The van der Waals surface area contributed by atoms with Crippen LogP contribution in [0.2, 0.25) is 0 Å². The average molecular weight is 276 g/mol. The zero-order chi connectivity index (χ0) is 14.8. The lowest BCUT2D eigenvalue weighted by Crippen LogP contribution is -2.53. The van der Waals surface area contributed by atoms with Gasteiger partial charge in [0.15, 0.2) is 11.5 Å². The summed E-state index contributed by atoms with van der Waals surface area (Å²) in [5, 5.41) is 1.91. The Balaban J connectivity index is 2.99. The van der Waals surface area contributed by atoms with E-state index in [1.165, 1.54) is 33.2 Å². The Morgan fingerprint density at radius 2 is 1.79 bits per heavy atom. The second-order valence-corrected chi connectivity index (χ2v) is 5.10. The molecule has 0 saturated carbocycles. The third-order valence-electron chi connectivity index (χ3n) is 2.41. The summed E-state index contributed by atoms with van der Waals surface area (Å²) in [5.74, 6) is -1.21. The lowest BCUT2D eigenvalue weighted by Gasteiger charge is -2.32. The first-order valence-corrected chi connectivity index (χ1v) is 5.47. The number of nitrogens with two attached hydrogens (primary N) is 1. The fourth-order valence-corrected chi connectivity index (χ4v) is 1.51. The van der Waals surface area contributed by atoms with Crippen LogP contribution in [-0.4, -0.2) is 28.1 Å². The number of rotatable bonds is 2. The molecule has 3 N–H and O–H groups in total. The largest absolute Gasteiger partial charge is 0.409 e. The molecule has 0 fully saturated rings. The summed E-state index contributed by atoms with van der Waals surface area (Å²) in [6.07, 6.45) is -2.13. The molecule has 0 aliphatic carbocycles. The third-order valence-corrected chi connectivity index (χ3v) is 2.41. The van der Waals surface area contributed by atoms with Crippen molar-refractivity contribution in [3.63, 3.8) is 0 Å². The SMILES string of the molecule is CC(C)(C)[C@@H](NC(=O)c1nccnc1N)C(F)(F)F. The number of alkyl halides is 3. The molecule has 5 nitrogen and oxygen atoms in total. The van der Waals surface area contributed by atoms with Crippen LogP contribution in [0.25, 0.3) is 0 Å². The summed E-state index contributed by atoms with van der Waals surface area (Å²) in [6.45, 7) is 4.14. The predicted molar refractivity (Wildman–Crippen MR) is 63.2 cm³/mol. The van der Waals surface area contributed by atoms with Crippen LogP contribution < -0.4 is 11.1 Å². The molecule has 1 atom stereocenters. The van der Waals surface area contributed by atoms with Crippen LogP contribution in [0, 0.1) is 5.41 Å². The van der Waals surface area contributed by atoms with Crippen molar-refractivity contribution in [2.24, 2.45) is 5.41 Å². The topological polar surface area (TPSA) is 80.9 Å². The fraction of sp³-hybridized carbons (Fsp3) is 0.545. The molecule has 0 saturated heterocycles. The van der Waals surface area contributed by atoms with Gasteiger partial charge in [-0.15, -0.1) is 0 Å². The molecule has 1 aromatic rings. The van der Waals surface area contributed by atoms with Gasteiger partial charge in [-0.1, -0.05) is 20.8 Å². The van der Waals surface area contributed by atoms with Gasteiger partial charge in [0.05, 0.1) is 0 Å². The molecular weight excluding hydrogens is 261 g/mol. The molecule has 19 heavy (non-hydrogen) atoms. The number of carbonyl (C=O) groups is 1. The Morgan fingerprint density at radius 3 is 2.21 bits per heavy atom. The Labute approximate surface area is 108 Å². The van der Waals surface area contributed by atoms with Crippen molar-refractivity contribution < 1.29 is 18.0 Å². The first-order chi connectivity index (χ1) is 8.53. The molecule has 0 radical (unpaired) electrons. The highest BCUT2D eigenvalue weighted by Gasteiger charge is 2.48. The lowest BCUT2D eigenvalue weighted by atomic mass is 9.86. The number of amides is 1. The standard InChI is InChI=1S/C11H15F3N4O/c1-10(2,3)9(11(12,13)14)18-8(19)6-7(15)17-5-4-16-6/h4-5,9H,1-3H3,(H2,15,17)(H,18,19)/t9-/m1/s1. The molecule has 0 spiro atoms. The maximum atomic E-state index is 12.9. The number of hydrogen-bond donors (Lipinski definition) is 2. The second-order valence-electron chi connectivity index (χ2n) is 5.10. The van der Waals surface area contributed by atoms with Gasteiger partial charge in [-0.25, -0.2) is 9.97 Å². The van der Waals surface area contributed by atoms with Gasteiger partial charge in [0, 0.05) is 12.4 Å². The number of hydrogen-bond acceptors (Lipinski definition) is 4. The molecule has 1 aromatic heterocycles. The Kier molecular flexibility index (Phi) is 4.02. The van der Waals surface area contributed by atoms with E-state index < -0.39 is 23.5 Å². The van der Waals surface area contributed by atoms with Crippen LogP contribution >= 0.6 is 0 Å². The van der Waals surface area contributed by atoms with E-state index in [0.717, 1.165) is 0 Å². The highest BCUT2D eigenvalue weighted by molar-refractivity contribution is 5.96. The first kappa shape index (κ1) is 15.2. The van der Waals surface area contributed by atoms with E-state index in [1.54, 1.807) is 0 Å². The van der Waals surface area contributed by atoms with Crippen LogP contribution in [0.1, 0.15) is 31.3 Å². The zero-order valence-corrected chi connectivity index (χ0v) is 10.7. The van der Waals surface area contributed by atoms with Crippen LogP contribution in [0.15, 0.2) is 12.4 Å². The number of anilines is 1. The number of aromatic nitrogens is 2. The molecule has 1 rings (SSSR count). The van der Waals surface area contributed by atoms with E-state index in [9.17, 15) is 18.0 Å². The zero-order valence-electron chi connectivity index (χ0n) is 10.7. The molecule has 0 bridgehead atoms. The van der Waals surface area contributed by atoms with E-state index in [0.29, 0.717) is 0 Å². The summed E-state index contributed by atoms with van der Waals surface area (Å²) >= 11 is 0. The minimum Gasteiger partial charge on any atom is -0.382 e. The van der Waals surface area contributed by atoms with E-state index in [-0.39, 0.29) is 11.5 Å². The molecule has 0 aliphatic heterocycles. The van der Waals surface area contributed by atoms with Crippen molar-refractivity contribution in [3.8, 4) is 0 Å². The summed E-state index contributed by atoms with van der Waals surface area (Å²) in [5.41, 5.74) is 3.89. The normalized spacial score (nSPS) is 14.0. The van der Waals surface area contributed by atoms with Gasteiger partial charge >= 0.3 is 6.18 Å². The Hall–Kier alpha value is -1.86. The average Bonchev–Trinajstić information content (AvgIpc) is 2.23. The maximum Gasteiger partial charge on any atom is 0.409 e. The van der Waals surface area contributed by atoms with Gasteiger partial charge in [0.2, 0.25) is 0 Å². The summed E-state index contributed by atoms with van der Waals surface area (Å²) in [6, 6.07) is -2.01. The van der Waals surface area contributed by atoms with Gasteiger partial charge < -0.3 is 11.1 Å². The Morgan fingerprint density at radius 1 is 1.26 bits per heavy atom. The predicted octanol–water partition coefficient (Wildman–Crippen LogP) is 1.77. The van der Waals surface area contributed by atoms with E-state index in [4.69, 9.17) is 5.73 Å². The summed E-state index contributed by atoms with van der Waals surface area (Å²) in [4.78, 5) is 19.0. The minimum atomic E-state index is -4.56. The molecule has 1 heterocycles.